The molecule has 5 nitrogen and oxygen atoms in total. The van der Waals surface area contributed by atoms with Crippen LogP contribution < -0.4 is 14.2 Å². The monoisotopic (exact) mass is 343 g/mol. The van der Waals surface area contributed by atoms with Gasteiger partial charge < -0.3 is 19.3 Å². The Morgan fingerprint density at radius 1 is 1.00 bits per heavy atom. The lowest BCUT2D eigenvalue weighted by Gasteiger charge is -2.35. The number of hydrogen-bond acceptors (Lipinski definition) is 5. The maximum atomic E-state index is 10.00. The van der Waals surface area contributed by atoms with E-state index in [0.717, 1.165) is 31.0 Å². The van der Waals surface area contributed by atoms with Gasteiger partial charge in [0.25, 0.3) is 0 Å². The van der Waals surface area contributed by atoms with Crippen LogP contribution in [0.1, 0.15) is 29.7 Å². The number of methoxy groups -OCH3 is 3. The lowest BCUT2D eigenvalue weighted by atomic mass is 9.92. The van der Waals surface area contributed by atoms with Crippen LogP contribution in [0.2, 0.25) is 0 Å². The summed E-state index contributed by atoms with van der Waals surface area (Å²) in [6.07, 6.45) is 0.907. The number of aromatic hydroxyl groups is 1. The molecule has 1 heterocycles. The van der Waals surface area contributed by atoms with E-state index in [2.05, 4.69) is 17.9 Å². The molecule has 0 saturated carbocycles. The van der Waals surface area contributed by atoms with E-state index in [9.17, 15) is 5.11 Å². The standard InChI is InChI=1S/C20H25NO4/c1-13-16-11-19(24-3)17(22)10-15(16)7-8-21(13)12-14-5-6-18(23-2)20(9-14)25-4/h5-6,9-11,13,22H,7-8,12H2,1-4H3/t13-/m1/s1. The molecule has 1 N–H and O–H groups in total. The van der Waals surface area contributed by atoms with Gasteiger partial charge in [-0.2, -0.15) is 0 Å². The fourth-order valence-corrected chi connectivity index (χ4v) is 3.48. The van der Waals surface area contributed by atoms with Crippen LogP contribution in [0.3, 0.4) is 0 Å². The molecule has 1 atom stereocenters. The van der Waals surface area contributed by atoms with Crippen molar-refractivity contribution in [1.82, 2.24) is 4.90 Å². The Morgan fingerprint density at radius 3 is 2.40 bits per heavy atom. The average molecular weight is 343 g/mol. The summed E-state index contributed by atoms with van der Waals surface area (Å²) in [7, 11) is 4.88. The third kappa shape index (κ3) is 3.37. The summed E-state index contributed by atoms with van der Waals surface area (Å²) in [6, 6.07) is 10.1. The van der Waals surface area contributed by atoms with Crippen LogP contribution in [0.15, 0.2) is 30.3 Å². The molecule has 2 aromatic carbocycles. The maximum absolute atomic E-state index is 10.00. The molecule has 0 unspecified atom stereocenters. The predicted molar refractivity (Wildman–Crippen MR) is 96.7 cm³/mol. The first-order valence-electron chi connectivity index (χ1n) is 8.42. The van der Waals surface area contributed by atoms with Crippen molar-refractivity contribution >= 4 is 0 Å². The van der Waals surface area contributed by atoms with Crippen molar-refractivity contribution in [2.24, 2.45) is 0 Å². The molecule has 3 rings (SSSR count). The first kappa shape index (κ1) is 17.4. The zero-order valence-electron chi connectivity index (χ0n) is 15.2. The summed E-state index contributed by atoms with van der Waals surface area (Å²) >= 11 is 0. The quantitative estimate of drug-likeness (QED) is 0.900. The lowest BCUT2D eigenvalue weighted by molar-refractivity contribution is 0.188. The maximum Gasteiger partial charge on any atom is 0.161 e. The van der Waals surface area contributed by atoms with E-state index in [1.165, 1.54) is 16.7 Å². The Kier molecular flexibility index (Phi) is 5.04. The molecule has 0 aliphatic carbocycles. The number of nitrogens with zero attached hydrogens (tertiary/aromatic N) is 1. The Bertz CT molecular complexity index is 760. The van der Waals surface area contributed by atoms with Gasteiger partial charge in [-0.25, -0.2) is 0 Å². The molecule has 0 saturated heterocycles. The van der Waals surface area contributed by atoms with Gasteiger partial charge in [0.15, 0.2) is 23.0 Å². The van der Waals surface area contributed by atoms with Crippen molar-refractivity contribution in [3.63, 3.8) is 0 Å². The van der Waals surface area contributed by atoms with Gasteiger partial charge in [0.1, 0.15) is 0 Å². The zero-order valence-corrected chi connectivity index (χ0v) is 15.2. The zero-order chi connectivity index (χ0) is 18.0. The summed E-state index contributed by atoms with van der Waals surface area (Å²) in [5, 5.41) is 10.00. The van der Waals surface area contributed by atoms with Crippen LogP contribution in [0.5, 0.6) is 23.0 Å². The normalized spacial score (nSPS) is 17.0. The van der Waals surface area contributed by atoms with Gasteiger partial charge in [-0.1, -0.05) is 6.07 Å². The first-order chi connectivity index (χ1) is 12.1. The van der Waals surface area contributed by atoms with Crippen molar-refractivity contribution in [3.8, 4) is 23.0 Å². The second-order valence-electron chi connectivity index (χ2n) is 6.31. The minimum Gasteiger partial charge on any atom is -0.504 e. The highest BCUT2D eigenvalue weighted by molar-refractivity contribution is 5.48. The van der Waals surface area contributed by atoms with Crippen LogP contribution in [-0.2, 0) is 13.0 Å². The van der Waals surface area contributed by atoms with E-state index < -0.39 is 0 Å². The van der Waals surface area contributed by atoms with Crippen LogP contribution in [0.25, 0.3) is 0 Å². The smallest absolute Gasteiger partial charge is 0.161 e. The number of phenols is 1. The van der Waals surface area contributed by atoms with Crippen molar-refractivity contribution < 1.29 is 19.3 Å². The molecule has 134 valence electrons. The topological polar surface area (TPSA) is 51.2 Å². The third-order valence-electron chi connectivity index (χ3n) is 4.94. The highest BCUT2D eigenvalue weighted by Gasteiger charge is 2.25. The second kappa shape index (κ2) is 7.23. The molecule has 0 spiro atoms. The van der Waals surface area contributed by atoms with Crippen LogP contribution in [0.4, 0.5) is 0 Å². The SMILES string of the molecule is COc1cc2c(cc1O)CCN(Cc1ccc(OC)c(OC)c1)[C@@H]2C. The minimum absolute atomic E-state index is 0.210. The number of benzene rings is 2. The fraction of sp³-hybridized carbons (Fsp3) is 0.400. The van der Waals surface area contributed by atoms with Crippen molar-refractivity contribution in [2.75, 3.05) is 27.9 Å². The van der Waals surface area contributed by atoms with E-state index in [-0.39, 0.29) is 11.8 Å². The van der Waals surface area contributed by atoms with E-state index in [1.807, 2.05) is 24.3 Å². The lowest BCUT2D eigenvalue weighted by Crippen LogP contribution is -2.33. The third-order valence-corrected chi connectivity index (χ3v) is 4.94. The first-order valence-corrected chi connectivity index (χ1v) is 8.42. The largest absolute Gasteiger partial charge is 0.504 e. The molecule has 1 aliphatic heterocycles. The fourth-order valence-electron chi connectivity index (χ4n) is 3.48. The van der Waals surface area contributed by atoms with Crippen LogP contribution in [-0.4, -0.2) is 37.9 Å². The van der Waals surface area contributed by atoms with Gasteiger partial charge in [0.2, 0.25) is 0 Å². The molecule has 2 aromatic rings. The summed E-state index contributed by atoms with van der Waals surface area (Å²) < 4.78 is 16.0. The second-order valence-corrected chi connectivity index (χ2v) is 6.31. The number of rotatable bonds is 5. The molecular formula is C20H25NO4. The van der Waals surface area contributed by atoms with Crippen molar-refractivity contribution in [1.29, 1.82) is 0 Å². The summed E-state index contributed by atoms with van der Waals surface area (Å²) in [5.74, 6) is 2.22. The Labute approximate surface area is 148 Å². The molecule has 25 heavy (non-hydrogen) atoms. The Morgan fingerprint density at radius 2 is 1.72 bits per heavy atom. The van der Waals surface area contributed by atoms with Crippen molar-refractivity contribution in [3.05, 3.63) is 47.0 Å². The highest BCUT2D eigenvalue weighted by Crippen LogP contribution is 2.38. The average Bonchev–Trinajstić information content (AvgIpc) is 2.63. The highest BCUT2D eigenvalue weighted by atomic mass is 16.5. The number of hydrogen-bond donors (Lipinski definition) is 1. The van der Waals surface area contributed by atoms with Gasteiger partial charge in [0, 0.05) is 19.1 Å². The summed E-state index contributed by atoms with van der Waals surface area (Å²) in [5.41, 5.74) is 3.58. The van der Waals surface area contributed by atoms with E-state index in [4.69, 9.17) is 14.2 Å². The Hall–Kier alpha value is -2.40. The van der Waals surface area contributed by atoms with Gasteiger partial charge in [0.05, 0.1) is 21.3 Å². The van der Waals surface area contributed by atoms with Gasteiger partial charge in [-0.15, -0.1) is 0 Å². The van der Waals surface area contributed by atoms with Crippen LogP contribution in [0, 0.1) is 0 Å². The molecule has 5 heteroatoms. The molecule has 0 amide bonds. The number of phenolic OH excluding ortho intramolecular Hbond substituents is 1. The van der Waals surface area contributed by atoms with E-state index >= 15 is 0 Å². The van der Waals surface area contributed by atoms with Gasteiger partial charge in [-0.3, -0.25) is 4.90 Å². The summed E-state index contributed by atoms with van der Waals surface area (Å²) in [4.78, 5) is 2.42. The Balaban J connectivity index is 1.83. The van der Waals surface area contributed by atoms with Crippen LogP contribution >= 0.6 is 0 Å². The van der Waals surface area contributed by atoms with Crippen molar-refractivity contribution in [2.45, 2.75) is 25.9 Å². The molecule has 0 aromatic heterocycles. The molecule has 0 radical (unpaired) electrons. The van der Waals surface area contributed by atoms with E-state index in [0.29, 0.717) is 5.75 Å². The molecular weight excluding hydrogens is 318 g/mol. The minimum atomic E-state index is 0.210. The van der Waals surface area contributed by atoms with Gasteiger partial charge in [-0.05, 0) is 54.3 Å². The van der Waals surface area contributed by atoms with E-state index in [1.54, 1.807) is 21.3 Å². The molecule has 1 aliphatic rings. The van der Waals surface area contributed by atoms with Gasteiger partial charge >= 0.3 is 0 Å². The predicted octanol–water partition coefficient (Wildman–Crippen LogP) is 3.54. The number of ether oxygens (including phenoxy) is 3. The summed E-state index contributed by atoms with van der Waals surface area (Å²) in [6.45, 7) is 3.95. The molecule has 0 bridgehead atoms. The molecule has 0 fully saturated rings. The number of fused-ring (bicyclic) bond motifs is 1.